The van der Waals surface area contributed by atoms with Crippen LogP contribution < -0.4 is 10.6 Å². The van der Waals surface area contributed by atoms with E-state index in [4.69, 9.17) is 5.73 Å². The Kier molecular flexibility index (Phi) is 6.96. The van der Waals surface area contributed by atoms with Crippen LogP contribution in [0.5, 0.6) is 5.75 Å². The highest BCUT2D eigenvalue weighted by Crippen LogP contribution is 2.30. The molecule has 0 saturated carbocycles. The summed E-state index contributed by atoms with van der Waals surface area (Å²) in [4.78, 5) is 23.1. The quantitative estimate of drug-likeness (QED) is 0.723. The molecule has 0 spiro atoms. The van der Waals surface area contributed by atoms with E-state index in [0.717, 1.165) is 45.7 Å². The molecule has 32 heavy (non-hydrogen) atoms. The van der Waals surface area contributed by atoms with Gasteiger partial charge in [-0.25, -0.2) is 4.98 Å². The Balaban J connectivity index is 1.34. The van der Waals surface area contributed by atoms with Crippen LogP contribution in [0.3, 0.4) is 0 Å². The number of carbonyl (C=O) groups excluding carboxylic acids is 1. The molecule has 0 bridgehead atoms. The maximum absolute atomic E-state index is 11.3. The number of anilines is 1. The summed E-state index contributed by atoms with van der Waals surface area (Å²) < 4.78 is 0. The summed E-state index contributed by atoms with van der Waals surface area (Å²) >= 11 is 0. The molecule has 0 radical (unpaired) electrons. The summed E-state index contributed by atoms with van der Waals surface area (Å²) in [7, 11) is 0. The number of likely N-dealkylation sites (tertiary alicyclic amines) is 1. The van der Waals surface area contributed by atoms with Gasteiger partial charge in [-0.2, -0.15) is 0 Å². The zero-order chi connectivity index (χ0) is 22.7. The monoisotopic (exact) mass is 437 g/mol. The van der Waals surface area contributed by atoms with Gasteiger partial charge in [-0.1, -0.05) is 36.8 Å². The van der Waals surface area contributed by atoms with Gasteiger partial charge in [0.1, 0.15) is 0 Å². The van der Waals surface area contributed by atoms with E-state index < -0.39 is 5.91 Å². The SMILES string of the molecule is CCC1CN(c2ncc(C(N)=O)cc2O)CCN1C1CCN(Cc2ccc(C)cc2)CC1. The van der Waals surface area contributed by atoms with Crippen LogP contribution in [0.4, 0.5) is 5.82 Å². The third-order valence-electron chi connectivity index (χ3n) is 6.98. The number of nitrogens with two attached hydrogens (primary N) is 1. The molecule has 4 rings (SSSR count). The molecule has 2 aromatic rings. The first-order valence-electron chi connectivity index (χ1n) is 11.7. The van der Waals surface area contributed by atoms with Crippen LogP contribution in [0.15, 0.2) is 36.5 Å². The van der Waals surface area contributed by atoms with Crippen LogP contribution in [0.2, 0.25) is 0 Å². The van der Waals surface area contributed by atoms with E-state index in [1.54, 1.807) is 0 Å². The van der Waals surface area contributed by atoms with Crippen LogP contribution in [-0.4, -0.2) is 70.6 Å². The number of carbonyl (C=O) groups is 1. The largest absolute Gasteiger partial charge is 0.504 e. The van der Waals surface area contributed by atoms with Crippen molar-refractivity contribution in [3.63, 3.8) is 0 Å². The Labute approximate surface area is 190 Å². The van der Waals surface area contributed by atoms with E-state index in [-0.39, 0.29) is 11.3 Å². The molecule has 1 atom stereocenters. The second-order valence-electron chi connectivity index (χ2n) is 9.17. The van der Waals surface area contributed by atoms with Crippen molar-refractivity contribution < 1.29 is 9.90 Å². The van der Waals surface area contributed by atoms with Gasteiger partial charge in [0, 0.05) is 44.5 Å². The Morgan fingerprint density at radius 2 is 1.88 bits per heavy atom. The molecule has 172 valence electrons. The molecule has 1 aromatic heterocycles. The summed E-state index contributed by atoms with van der Waals surface area (Å²) in [5, 5.41) is 10.4. The lowest BCUT2D eigenvalue weighted by molar-refractivity contribution is 0.0609. The molecule has 1 unspecified atom stereocenters. The normalized spacial score (nSPS) is 21.1. The number of amides is 1. The van der Waals surface area contributed by atoms with Crippen molar-refractivity contribution in [1.29, 1.82) is 0 Å². The Bertz CT molecular complexity index is 924. The van der Waals surface area contributed by atoms with Gasteiger partial charge in [0.2, 0.25) is 5.91 Å². The van der Waals surface area contributed by atoms with Crippen LogP contribution in [-0.2, 0) is 6.54 Å². The first-order chi connectivity index (χ1) is 15.4. The number of hydrogen-bond donors (Lipinski definition) is 2. The second kappa shape index (κ2) is 9.88. The zero-order valence-corrected chi connectivity index (χ0v) is 19.2. The highest BCUT2D eigenvalue weighted by Gasteiger charge is 2.34. The van der Waals surface area contributed by atoms with Gasteiger partial charge in [-0.15, -0.1) is 0 Å². The predicted molar refractivity (Wildman–Crippen MR) is 127 cm³/mol. The fraction of sp³-hybridized carbons (Fsp3) is 0.520. The fourth-order valence-electron chi connectivity index (χ4n) is 5.09. The van der Waals surface area contributed by atoms with Crippen molar-refractivity contribution in [2.24, 2.45) is 5.73 Å². The van der Waals surface area contributed by atoms with Crippen LogP contribution in [0.1, 0.15) is 47.7 Å². The molecule has 0 aliphatic carbocycles. The van der Waals surface area contributed by atoms with Crippen molar-refractivity contribution >= 4 is 11.7 Å². The summed E-state index contributed by atoms with van der Waals surface area (Å²) in [6.07, 6.45) is 4.90. The number of primary amides is 1. The van der Waals surface area contributed by atoms with Gasteiger partial charge >= 0.3 is 0 Å². The topological polar surface area (TPSA) is 85.9 Å². The first kappa shape index (κ1) is 22.6. The smallest absolute Gasteiger partial charge is 0.250 e. The maximum atomic E-state index is 11.3. The predicted octanol–water partition coefficient (Wildman–Crippen LogP) is 2.76. The summed E-state index contributed by atoms with van der Waals surface area (Å²) in [5.41, 5.74) is 8.23. The van der Waals surface area contributed by atoms with Gasteiger partial charge in [0.15, 0.2) is 11.6 Å². The van der Waals surface area contributed by atoms with Gasteiger partial charge in [0.05, 0.1) is 5.56 Å². The minimum Gasteiger partial charge on any atom is -0.504 e. The van der Waals surface area contributed by atoms with Crippen LogP contribution >= 0.6 is 0 Å². The number of aromatic hydroxyl groups is 1. The fourth-order valence-corrected chi connectivity index (χ4v) is 5.09. The van der Waals surface area contributed by atoms with Crippen molar-refractivity contribution in [3.05, 3.63) is 53.2 Å². The number of piperidine rings is 1. The number of rotatable bonds is 6. The van der Waals surface area contributed by atoms with Crippen LogP contribution in [0.25, 0.3) is 0 Å². The number of piperazine rings is 1. The molecule has 2 aliphatic heterocycles. The molecule has 2 aliphatic rings. The van der Waals surface area contributed by atoms with Crippen LogP contribution in [0, 0.1) is 6.92 Å². The van der Waals surface area contributed by atoms with E-state index in [0.29, 0.717) is 17.9 Å². The minimum atomic E-state index is -0.579. The molecular formula is C25H35N5O2. The van der Waals surface area contributed by atoms with E-state index >= 15 is 0 Å². The lowest BCUT2D eigenvalue weighted by atomic mass is 9.97. The second-order valence-corrected chi connectivity index (χ2v) is 9.17. The number of aromatic nitrogens is 1. The molecule has 7 nitrogen and oxygen atoms in total. The Morgan fingerprint density at radius 1 is 1.16 bits per heavy atom. The van der Waals surface area contributed by atoms with Crippen molar-refractivity contribution in [2.45, 2.75) is 51.7 Å². The third-order valence-corrected chi connectivity index (χ3v) is 6.98. The van der Waals surface area contributed by atoms with Gasteiger partial charge < -0.3 is 15.7 Å². The van der Waals surface area contributed by atoms with E-state index in [9.17, 15) is 9.90 Å². The lowest BCUT2D eigenvalue weighted by Crippen LogP contribution is -2.58. The number of nitrogens with zero attached hydrogens (tertiary/aromatic N) is 4. The number of aryl methyl sites for hydroxylation is 1. The standard InChI is InChI=1S/C25H35N5O2/c1-3-21-17-29(25-23(31)14-20(15-27-25)24(26)32)12-13-30(21)22-8-10-28(11-9-22)16-19-6-4-18(2)5-7-19/h4-7,14-15,21-22,31H,3,8-13,16-17H2,1-2H3,(H2,26,32). The summed E-state index contributed by atoms with van der Waals surface area (Å²) in [6, 6.07) is 11.3. The number of hydrogen-bond acceptors (Lipinski definition) is 6. The molecular weight excluding hydrogens is 402 g/mol. The lowest BCUT2D eigenvalue weighted by Gasteiger charge is -2.47. The van der Waals surface area contributed by atoms with Crippen molar-refractivity contribution in [3.8, 4) is 5.75 Å². The van der Waals surface area contributed by atoms with Crippen molar-refractivity contribution in [1.82, 2.24) is 14.8 Å². The average Bonchev–Trinajstić information content (AvgIpc) is 2.80. The molecule has 3 N–H and O–H groups in total. The molecule has 1 aromatic carbocycles. The maximum Gasteiger partial charge on any atom is 0.250 e. The zero-order valence-electron chi connectivity index (χ0n) is 19.2. The van der Waals surface area contributed by atoms with E-state index in [1.165, 1.54) is 36.2 Å². The first-order valence-corrected chi connectivity index (χ1v) is 11.7. The van der Waals surface area contributed by atoms with Gasteiger partial charge in [-0.05, 0) is 50.9 Å². The van der Waals surface area contributed by atoms with E-state index in [1.807, 2.05) is 0 Å². The highest BCUT2D eigenvalue weighted by molar-refractivity contribution is 5.93. The molecule has 2 saturated heterocycles. The minimum absolute atomic E-state index is 0.0222. The molecule has 1 amide bonds. The van der Waals surface area contributed by atoms with Crippen molar-refractivity contribution in [2.75, 3.05) is 37.6 Å². The van der Waals surface area contributed by atoms with Gasteiger partial charge in [-0.3, -0.25) is 14.6 Å². The molecule has 2 fully saturated rings. The number of benzene rings is 1. The molecule has 7 heteroatoms. The van der Waals surface area contributed by atoms with E-state index in [2.05, 4.69) is 57.8 Å². The number of pyridine rings is 1. The summed E-state index contributed by atoms with van der Waals surface area (Å²) in [6.45, 7) is 10.3. The summed E-state index contributed by atoms with van der Waals surface area (Å²) in [5.74, 6) is -0.0145. The average molecular weight is 438 g/mol. The van der Waals surface area contributed by atoms with Gasteiger partial charge in [0.25, 0.3) is 0 Å². The third kappa shape index (κ3) is 5.05. The highest BCUT2D eigenvalue weighted by atomic mass is 16.3. The Hall–Kier alpha value is -2.64. The molecule has 3 heterocycles. The Morgan fingerprint density at radius 3 is 2.50 bits per heavy atom.